The number of nitrogens with zero attached hydrogens (tertiary/aromatic N) is 4. The molecule has 0 saturated heterocycles. The van der Waals surface area contributed by atoms with Gasteiger partial charge in [0.15, 0.2) is 11.5 Å². The zero-order valence-corrected chi connectivity index (χ0v) is 18.2. The number of ether oxygens (including phenoxy) is 2. The Morgan fingerprint density at radius 1 is 1.09 bits per heavy atom. The molecule has 0 saturated carbocycles. The van der Waals surface area contributed by atoms with Crippen molar-refractivity contribution >= 4 is 39.3 Å². The summed E-state index contributed by atoms with van der Waals surface area (Å²) in [5, 5.41) is 25.5. The molecule has 1 N–H and O–H groups in total. The third-order valence-electron chi connectivity index (χ3n) is 4.13. The molecule has 11 nitrogen and oxygen atoms in total. The summed E-state index contributed by atoms with van der Waals surface area (Å²) in [5.74, 6) is 1.27. The van der Waals surface area contributed by atoms with Gasteiger partial charge in [0.25, 0.3) is 11.4 Å². The van der Waals surface area contributed by atoms with E-state index < -0.39 is 9.85 Å². The SMILES string of the molecule is COc1cc(/C=N/Nc2ccc([N+](=O)[O-])cn2)cc(Br)c1OCc1ccc([N+](=O)[O-])cc1. The number of anilines is 1. The number of aromatic nitrogens is 1. The first-order chi connectivity index (χ1) is 15.4. The van der Waals surface area contributed by atoms with Crippen molar-refractivity contribution in [2.75, 3.05) is 12.5 Å². The average Bonchev–Trinajstić information content (AvgIpc) is 2.78. The second kappa shape index (κ2) is 10.3. The molecule has 0 bridgehead atoms. The molecule has 0 aliphatic rings. The number of methoxy groups -OCH3 is 1. The smallest absolute Gasteiger partial charge is 0.287 e. The van der Waals surface area contributed by atoms with Gasteiger partial charge < -0.3 is 9.47 Å². The second-order valence-corrected chi connectivity index (χ2v) is 7.13. The molecule has 0 aliphatic heterocycles. The summed E-state index contributed by atoms with van der Waals surface area (Å²) in [6, 6.07) is 12.3. The number of halogens is 1. The summed E-state index contributed by atoms with van der Waals surface area (Å²) in [6.07, 6.45) is 2.66. The standard InChI is InChI=1S/C20H16BrN5O6/c1-31-18-9-14(10-23-24-19-7-6-16(11-22-19)26(29)30)8-17(21)20(18)32-12-13-2-4-15(5-3-13)25(27)28/h2-11H,12H2,1H3,(H,22,24)/b23-10+. The molecule has 0 unspecified atom stereocenters. The fraction of sp³-hybridized carbons (Fsp3) is 0.100. The van der Waals surface area contributed by atoms with E-state index in [1.165, 1.54) is 37.6 Å². The highest BCUT2D eigenvalue weighted by atomic mass is 79.9. The monoisotopic (exact) mass is 501 g/mol. The van der Waals surface area contributed by atoms with Crippen molar-refractivity contribution in [3.63, 3.8) is 0 Å². The van der Waals surface area contributed by atoms with Crippen molar-refractivity contribution in [2.24, 2.45) is 5.10 Å². The summed E-state index contributed by atoms with van der Waals surface area (Å²) in [7, 11) is 1.50. The molecule has 3 aromatic rings. The highest BCUT2D eigenvalue weighted by Gasteiger charge is 2.12. The van der Waals surface area contributed by atoms with Gasteiger partial charge in [-0.2, -0.15) is 5.10 Å². The molecule has 0 radical (unpaired) electrons. The third-order valence-corrected chi connectivity index (χ3v) is 4.72. The second-order valence-electron chi connectivity index (χ2n) is 6.28. The molecule has 0 aliphatic carbocycles. The summed E-state index contributed by atoms with van der Waals surface area (Å²) in [6.45, 7) is 0.188. The van der Waals surface area contributed by atoms with Crippen LogP contribution in [0.15, 0.2) is 64.3 Å². The predicted octanol–water partition coefficient (Wildman–Crippen LogP) is 4.69. The highest BCUT2D eigenvalue weighted by Crippen LogP contribution is 2.37. The number of nitro groups is 2. The lowest BCUT2D eigenvalue weighted by Crippen LogP contribution is -2.00. The van der Waals surface area contributed by atoms with Gasteiger partial charge in [-0.15, -0.1) is 0 Å². The number of nitro benzene ring substituents is 1. The fourth-order valence-corrected chi connectivity index (χ4v) is 3.13. The van der Waals surface area contributed by atoms with Crippen molar-refractivity contribution in [1.82, 2.24) is 4.98 Å². The number of non-ortho nitro benzene ring substituents is 1. The number of nitrogens with one attached hydrogen (secondary N) is 1. The summed E-state index contributed by atoms with van der Waals surface area (Å²) in [5.41, 5.74) is 4.03. The molecule has 12 heteroatoms. The van der Waals surface area contributed by atoms with Gasteiger partial charge in [0.1, 0.15) is 18.6 Å². The molecule has 0 spiro atoms. The normalized spacial score (nSPS) is 10.7. The molecule has 0 atom stereocenters. The van der Waals surface area contributed by atoms with Gasteiger partial charge in [0.2, 0.25) is 0 Å². The number of hydrogen-bond acceptors (Lipinski definition) is 9. The summed E-state index contributed by atoms with van der Waals surface area (Å²) < 4.78 is 11.9. The molecule has 3 rings (SSSR count). The van der Waals surface area contributed by atoms with E-state index in [4.69, 9.17) is 9.47 Å². The van der Waals surface area contributed by atoms with Crippen LogP contribution in [0.2, 0.25) is 0 Å². The van der Waals surface area contributed by atoms with E-state index in [2.05, 4.69) is 31.4 Å². The maximum Gasteiger partial charge on any atom is 0.287 e. The van der Waals surface area contributed by atoms with Gasteiger partial charge in [-0.3, -0.25) is 25.7 Å². The quantitative estimate of drug-likeness (QED) is 0.252. The van der Waals surface area contributed by atoms with E-state index in [1.807, 2.05) is 0 Å². The summed E-state index contributed by atoms with van der Waals surface area (Å²) in [4.78, 5) is 24.3. The van der Waals surface area contributed by atoms with Gasteiger partial charge in [-0.05, 0) is 57.4 Å². The number of benzene rings is 2. The number of rotatable bonds is 9. The first-order valence-corrected chi connectivity index (χ1v) is 9.80. The lowest BCUT2D eigenvalue weighted by Gasteiger charge is -2.13. The molecule has 1 aromatic heterocycles. The Balaban J connectivity index is 1.67. The topological polar surface area (TPSA) is 142 Å². The Hall–Kier alpha value is -4.06. The summed E-state index contributed by atoms with van der Waals surface area (Å²) >= 11 is 3.45. The first-order valence-electron chi connectivity index (χ1n) is 9.00. The van der Waals surface area contributed by atoms with Crippen molar-refractivity contribution in [3.8, 4) is 11.5 Å². The van der Waals surface area contributed by atoms with Crippen molar-refractivity contribution < 1.29 is 19.3 Å². The van der Waals surface area contributed by atoms with Crippen LogP contribution in [-0.4, -0.2) is 28.2 Å². The Kier molecular flexibility index (Phi) is 7.29. The predicted molar refractivity (Wildman–Crippen MR) is 120 cm³/mol. The molecule has 2 aromatic carbocycles. The zero-order valence-electron chi connectivity index (χ0n) is 16.6. The Morgan fingerprint density at radius 2 is 1.78 bits per heavy atom. The van der Waals surface area contributed by atoms with Crippen molar-refractivity contribution in [1.29, 1.82) is 0 Å². The number of hydrazone groups is 1. The minimum Gasteiger partial charge on any atom is -0.493 e. The molecule has 32 heavy (non-hydrogen) atoms. The van der Waals surface area contributed by atoms with Crippen LogP contribution in [0.25, 0.3) is 0 Å². The van der Waals surface area contributed by atoms with Crippen LogP contribution in [0.3, 0.4) is 0 Å². The van der Waals surface area contributed by atoms with E-state index in [-0.39, 0.29) is 18.0 Å². The van der Waals surface area contributed by atoms with E-state index in [9.17, 15) is 20.2 Å². The molecular weight excluding hydrogens is 486 g/mol. The van der Waals surface area contributed by atoms with Gasteiger partial charge >= 0.3 is 0 Å². The average molecular weight is 502 g/mol. The van der Waals surface area contributed by atoms with Crippen LogP contribution in [-0.2, 0) is 6.61 Å². The zero-order chi connectivity index (χ0) is 23.1. The lowest BCUT2D eigenvalue weighted by molar-refractivity contribution is -0.385. The molecule has 0 amide bonds. The fourth-order valence-electron chi connectivity index (χ4n) is 2.56. The largest absolute Gasteiger partial charge is 0.493 e. The van der Waals surface area contributed by atoms with Gasteiger partial charge in [0, 0.05) is 18.2 Å². The first kappa shape index (κ1) is 22.6. The Labute approximate surface area is 190 Å². The van der Waals surface area contributed by atoms with Gasteiger partial charge in [0.05, 0.1) is 27.6 Å². The van der Waals surface area contributed by atoms with Crippen molar-refractivity contribution in [2.45, 2.75) is 6.61 Å². The minimum absolute atomic E-state index is 0.00804. The lowest BCUT2D eigenvalue weighted by atomic mass is 10.2. The van der Waals surface area contributed by atoms with Crippen molar-refractivity contribution in [3.05, 3.63) is 90.6 Å². The molecular formula is C20H16BrN5O6. The van der Waals surface area contributed by atoms with Gasteiger partial charge in [-0.1, -0.05) is 0 Å². The maximum atomic E-state index is 10.8. The van der Waals surface area contributed by atoms with E-state index in [1.54, 1.807) is 24.3 Å². The Bertz CT molecular complexity index is 1150. The third kappa shape index (κ3) is 5.76. The van der Waals surface area contributed by atoms with Crippen LogP contribution in [0.1, 0.15) is 11.1 Å². The van der Waals surface area contributed by atoms with Crippen LogP contribution >= 0.6 is 15.9 Å². The van der Waals surface area contributed by atoms with Crippen LogP contribution in [0.4, 0.5) is 17.2 Å². The minimum atomic E-state index is -0.533. The number of pyridine rings is 1. The van der Waals surface area contributed by atoms with Crippen LogP contribution in [0.5, 0.6) is 11.5 Å². The number of hydrogen-bond donors (Lipinski definition) is 1. The Morgan fingerprint density at radius 3 is 2.38 bits per heavy atom. The molecule has 164 valence electrons. The highest BCUT2D eigenvalue weighted by molar-refractivity contribution is 9.10. The van der Waals surface area contributed by atoms with Crippen LogP contribution in [0, 0.1) is 20.2 Å². The van der Waals surface area contributed by atoms with E-state index in [0.29, 0.717) is 27.4 Å². The van der Waals surface area contributed by atoms with E-state index in [0.717, 1.165) is 11.8 Å². The van der Waals surface area contributed by atoms with Gasteiger partial charge in [-0.25, -0.2) is 4.98 Å². The van der Waals surface area contributed by atoms with Crippen LogP contribution < -0.4 is 14.9 Å². The molecule has 0 fully saturated rings. The van der Waals surface area contributed by atoms with E-state index >= 15 is 0 Å². The molecule has 1 heterocycles. The maximum absolute atomic E-state index is 10.8.